The number of aryl methyl sites for hydroxylation is 2. The van der Waals surface area contributed by atoms with E-state index in [1.807, 2.05) is 29.9 Å². The molecule has 3 aromatic rings. The van der Waals surface area contributed by atoms with Crippen LogP contribution in [0.15, 0.2) is 47.1 Å². The molecule has 0 fully saturated rings. The van der Waals surface area contributed by atoms with Crippen LogP contribution in [0.2, 0.25) is 0 Å². The molecule has 1 atom stereocenters. The average Bonchev–Trinajstić information content (AvgIpc) is 3.27. The van der Waals surface area contributed by atoms with Gasteiger partial charge in [-0.3, -0.25) is 4.79 Å². The highest BCUT2D eigenvalue weighted by atomic mass is 16.5. The number of aromatic nitrogens is 2. The normalized spacial score (nSPS) is 11.8. The van der Waals surface area contributed by atoms with E-state index in [2.05, 4.69) is 10.3 Å². The van der Waals surface area contributed by atoms with Crippen molar-refractivity contribution in [2.24, 2.45) is 7.05 Å². The van der Waals surface area contributed by atoms with Gasteiger partial charge in [0.25, 0.3) is 5.91 Å². The minimum atomic E-state index is -0.503. The molecule has 2 heterocycles. The molecule has 3 rings (SSSR count). The third-order valence-electron chi connectivity index (χ3n) is 4.06. The van der Waals surface area contributed by atoms with E-state index >= 15 is 0 Å². The standard InChI is InChI=1S/C19H21N3O4/c1-12-5-6-16(26-12)19(23)21-17(18-20-7-8-22(18)2)13-9-14(24-3)11-15(10-13)25-4/h5-11,17H,1-4H3,(H,21,23)/t17-/m0/s1. The Morgan fingerprint density at radius 2 is 1.88 bits per heavy atom. The molecule has 0 bridgehead atoms. The SMILES string of the molecule is COc1cc(OC)cc([C@H](NC(=O)c2ccc(C)o2)c2nccn2C)c1. The van der Waals surface area contributed by atoms with Crippen LogP contribution in [0, 0.1) is 6.92 Å². The van der Waals surface area contributed by atoms with Gasteiger partial charge < -0.3 is 23.8 Å². The molecule has 7 heteroatoms. The highest BCUT2D eigenvalue weighted by Gasteiger charge is 2.24. The Hall–Kier alpha value is -3.22. The Morgan fingerprint density at radius 3 is 2.38 bits per heavy atom. The van der Waals surface area contributed by atoms with Gasteiger partial charge in [-0.15, -0.1) is 0 Å². The molecule has 0 unspecified atom stereocenters. The van der Waals surface area contributed by atoms with Crippen molar-refractivity contribution in [1.82, 2.24) is 14.9 Å². The molecule has 136 valence electrons. The maximum absolute atomic E-state index is 12.7. The van der Waals surface area contributed by atoms with Gasteiger partial charge in [0.1, 0.15) is 29.1 Å². The minimum Gasteiger partial charge on any atom is -0.497 e. The molecule has 7 nitrogen and oxygen atoms in total. The second-order valence-corrected chi connectivity index (χ2v) is 5.86. The summed E-state index contributed by atoms with van der Waals surface area (Å²) in [5, 5.41) is 2.98. The summed E-state index contributed by atoms with van der Waals surface area (Å²) in [6.45, 7) is 1.79. The lowest BCUT2D eigenvalue weighted by Gasteiger charge is -2.20. The molecule has 0 aliphatic heterocycles. The molecule has 0 saturated carbocycles. The summed E-state index contributed by atoms with van der Waals surface area (Å²) in [7, 11) is 5.03. The highest BCUT2D eigenvalue weighted by molar-refractivity contribution is 5.92. The van der Waals surface area contributed by atoms with E-state index < -0.39 is 6.04 Å². The highest BCUT2D eigenvalue weighted by Crippen LogP contribution is 2.29. The van der Waals surface area contributed by atoms with E-state index in [0.29, 0.717) is 23.1 Å². The van der Waals surface area contributed by atoms with Crippen LogP contribution in [0.25, 0.3) is 0 Å². The van der Waals surface area contributed by atoms with Crippen molar-refractivity contribution in [2.75, 3.05) is 14.2 Å². The van der Waals surface area contributed by atoms with Crippen LogP contribution in [0.5, 0.6) is 11.5 Å². The maximum atomic E-state index is 12.7. The third-order valence-corrected chi connectivity index (χ3v) is 4.06. The van der Waals surface area contributed by atoms with E-state index in [-0.39, 0.29) is 11.7 Å². The molecule has 1 amide bonds. The number of furan rings is 1. The molecular formula is C19H21N3O4. The monoisotopic (exact) mass is 355 g/mol. The van der Waals surface area contributed by atoms with Crippen molar-refractivity contribution in [3.8, 4) is 11.5 Å². The Morgan fingerprint density at radius 1 is 1.19 bits per heavy atom. The van der Waals surface area contributed by atoms with E-state index in [4.69, 9.17) is 13.9 Å². The molecule has 0 saturated heterocycles. The zero-order valence-corrected chi connectivity index (χ0v) is 15.1. The van der Waals surface area contributed by atoms with Crippen LogP contribution in [0.1, 0.15) is 33.7 Å². The molecule has 1 aromatic carbocycles. The topological polar surface area (TPSA) is 78.5 Å². The largest absolute Gasteiger partial charge is 0.497 e. The van der Waals surface area contributed by atoms with Crippen molar-refractivity contribution in [1.29, 1.82) is 0 Å². The van der Waals surface area contributed by atoms with E-state index in [1.54, 1.807) is 45.5 Å². The first-order valence-corrected chi connectivity index (χ1v) is 8.09. The van der Waals surface area contributed by atoms with Crippen molar-refractivity contribution in [3.63, 3.8) is 0 Å². The maximum Gasteiger partial charge on any atom is 0.287 e. The summed E-state index contributed by atoms with van der Waals surface area (Å²) in [6, 6.07) is 8.35. The fourth-order valence-electron chi connectivity index (χ4n) is 2.71. The fourth-order valence-corrected chi connectivity index (χ4v) is 2.71. The average molecular weight is 355 g/mol. The number of carbonyl (C=O) groups is 1. The Kier molecular flexibility index (Phi) is 4.97. The third kappa shape index (κ3) is 3.56. The minimum absolute atomic E-state index is 0.247. The molecule has 0 radical (unpaired) electrons. The molecular weight excluding hydrogens is 334 g/mol. The number of ether oxygens (including phenoxy) is 2. The molecule has 2 aromatic heterocycles. The summed E-state index contributed by atoms with van der Waals surface area (Å²) < 4.78 is 18.0. The summed E-state index contributed by atoms with van der Waals surface area (Å²) in [4.78, 5) is 17.0. The number of methoxy groups -OCH3 is 2. The van der Waals surface area contributed by atoms with Crippen molar-refractivity contribution >= 4 is 5.91 Å². The molecule has 26 heavy (non-hydrogen) atoms. The van der Waals surface area contributed by atoms with Gasteiger partial charge in [-0.1, -0.05) is 0 Å². The van der Waals surface area contributed by atoms with Gasteiger partial charge in [-0.25, -0.2) is 4.98 Å². The van der Waals surface area contributed by atoms with Crippen molar-refractivity contribution < 1.29 is 18.7 Å². The number of rotatable bonds is 6. The van der Waals surface area contributed by atoms with Crippen molar-refractivity contribution in [2.45, 2.75) is 13.0 Å². The summed E-state index contributed by atoms with van der Waals surface area (Å²) in [6.07, 6.45) is 3.51. The Labute approximate surface area is 151 Å². The van der Waals surface area contributed by atoms with Crippen LogP contribution in [-0.2, 0) is 7.05 Å². The predicted molar refractivity (Wildman–Crippen MR) is 95.5 cm³/mol. The Bertz CT molecular complexity index is 891. The van der Waals surface area contributed by atoms with E-state index in [1.165, 1.54) is 0 Å². The van der Waals surface area contributed by atoms with Gasteiger partial charge in [0.2, 0.25) is 0 Å². The fraction of sp³-hybridized carbons (Fsp3) is 0.263. The number of benzene rings is 1. The quantitative estimate of drug-likeness (QED) is 0.736. The van der Waals surface area contributed by atoms with Crippen LogP contribution in [0.4, 0.5) is 0 Å². The number of amides is 1. The molecule has 0 aliphatic carbocycles. The van der Waals surface area contributed by atoms with Crippen LogP contribution < -0.4 is 14.8 Å². The van der Waals surface area contributed by atoms with Gasteiger partial charge in [0, 0.05) is 25.5 Å². The lowest BCUT2D eigenvalue weighted by molar-refractivity contribution is 0.0911. The van der Waals surface area contributed by atoms with Gasteiger partial charge in [0.15, 0.2) is 5.76 Å². The number of imidazole rings is 1. The Balaban J connectivity index is 2.02. The number of hydrogen-bond acceptors (Lipinski definition) is 5. The van der Waals surface area contributed by atoms with Crippen LogP contribution >= 0.6 is 0 Å². The van der Waals surface area contributed by atoms with Gasteiger partial charge in [0.05, 0.1) is 14.2 Å². The number of nitrogens with zero attached hydrogens (tertiary/aromatic N) is 2. The molecule has 1 N–H and O–H groups in total. The van der Waals surface area contributed by atoms with Gasteiger partial charge >= 0.3 is 0 Å². The first kappa shape index (κ1) is 17.6. The zero-order chi connectivity index (χ0) is 18.7. The van der Waals surface area contributed by atoms with E-state index in [9.17, 15) is 4.79 Å². The summed E-state index contributed by atoms with van der Waals surface area (Å²) in [5.74, 6) is 2.52. The van der Waals surface area contributed by atoms with Crippen LogP contribution in [-0.4, -0.2) is 29.7 Å². The molecule has 0 spiro atoms. The first-order valence-electron chi connectivity index (χ1n) is 8.09. The van der Waals surface area contributed by atoms with E-state index in [0.717, 1.165) is 5.56 Å². The second kappa shape index (κ2) is 7.35. The number of hydrogen-bond donors (Lipinski definition) is 1. The summed E-state index contributed by atoms with van der Waals surface area (Å²) in [5.41, 5.74) is 0.784. The lowest BCUT2D eigenvalue weighted by Crippen LogP contribution is -2.31. The smallest absolute Gasteiger partial charge is 0.287 e. The second-order valence-electron chi connectivity index (χ2n) is 5.86. The van der Waals surface area contributed by atoms with Crippen molar-refractivity contribution in [3.05, 3.63) is 65.6 Å². The first-order chi connectivity index (χ1) is 12.5. The van der Waals surface area contributed by atoms with Gasteiger partial charge in [-0.05, 0) is 36.8 Å². The number of carbonyl (C=O) groups excluding carboxylic acids is 1. The lowest BCUT2D eigenvalue weighted by atomic mass is 10.0. The van der Waals surface area contributed by atoms with Crippen LogP contribution in [0.3, 0.4) is 0 Å². The number of nitrogens with one attached hydrogen (secondary N) is 1. The molecule has 0 aliphatic rings. The summed E-state index contributed by atoms with van der Waals surface area (Å²) >= 11 is 0. The predicted octanol–water partition coefficient (Wildman–Crippen LogP) is 2.86. The zero-order valence-electron chi connectivity index (χ0n) is 15.1. The van der Waals surface area contributed by atoms with Gasteiger partial charge in [-0.2, -0.15) is 0 Å².